The minimum Gasteiger partial charge on any atom is -0.315 e. The lowest BCUT2D eigenvalue weighted by Crippen LogP contribution is -2.41. The van der Waals surface area contributed by atoms with Crippen LogP contribution in [0.3, 0.4) is 0 Å². The lowest BCUT2D eigenvalue weighted by atomic mass is 10.1. The van der Waals surface area contributed by atoms with Crippen LogP contribution < -0.4 is 5.32 Å². The highest BCUT2D eigenvalue weighted by atomic mass is 15.2. The number of hydrogen-bond donors (Lipinski definition) is 1. The lowest BCUT2D eigenvalue weighted by Gasteiger charge is -2.29. The van der Waals surface area contributed by atoms with Gasteiger partial charge >= 0.3 is 0 Å². The molecule has 0 bridgehead atoms. The van der Waals surface area contributed by atoms with Crippen LogP contribution in [0.15, 0.2) is 0 Å². The first-order valence-electron chi connectivity index (χ1n) is 6.41. The number of likely N-dealkylation sites (tertiary alicyclic amines) is 1. The SMILES string of the molecule is C1CCCN(C2CCCCNC2)CC1. The van der Waals surface area contributed by atoms with E-state index in [2.05, 4.69) is 10.2 Å². The van der Waals surface area contributed by atoms with Crippen LogP contribution in [0.2, 0.25) is 0 Å². The highest BCUT2D eigenvalue weighted by Crippen LogP contribution is 2.16. The average Bonchev–Trinajstić information content (AvgIpc) is 2.62. The van der Waals surface area contributed by atoms with E-state index in [1.54, 1.807) is 0 Å². The summed E-state index contributed by atoms with van der Waals surface area (Å²) < 4.78 is 0. The summed E-state index contributed by atoms with van der Waals surface area (Å²) in [4.78, 5) is 2.74. The molecule has 1 atom stereocenters. The smallest absolute Gasteiger partial charge is 0.0220 e. The van der Waals surface area contributed by atoms with Gasteiger partial charge in [-0.2, -0.15) is 0 Å². The van der Waals surface area contributed by atoms with E-state index in [4.69, 9.17) is 0 Å². The summed E-state index contributed by atoms with van der Waals surface area (Å²) >= 11 is 0. The van der Waals surface area contributed by atoms with Gasteiger partial charge in [0.1, 0.15) is 0 Å². The van der Waals surface area contributed by atoms with Gasteiger partial charge in [-0.15, -0.1) is 0 Å². The van der Waals surface area contributed by atoms with Gasteiger partial charge in [-0.3, -0.25) is 4.90 Å². The number of rotatable bonds is 1. The van der Waals surface area contributed by atoms with Crippen molar-refractivity contribution in [2.24, 2.45) is 0 Å². The summed E-state index contributed by atoms with van der Waals surface area (Å²) in [7, 11) is 0. The minimum absolute atomic E-state index is 0.843. The van der Waals surface area contributed by atoms with E-state index < -0.39 is 0 Å². The lowest BCUT2D eigenvalue weighted by molar-refractivity contribution is 0.194. The molecule has 2 nitrogen and oxygen atoms in total. The van der Waals surface area contributed by atoms with Crippen molar-refractivity contribution in [2.45, 2.75) is 51.0 Å². The van der Waals surface area contributed by atoms with Gasteiger partial charge in [0.25, 0.3) is 0 Å². The van der Waals surface area contributed by atoms with Crippen LogP contribution in [-0.4, -0.2) is 37.1 Å². The molecule has 0 aromatic rings. The molecule has 2 aliphatic rings. The summed E-state index contributed by atoms with van der Waals surface area (Å²) in [6, 6.07) is 0.843. The maximum absolute atomic E-state index is 3.57. The molecule has 2 heterocycles. The Bertz CT molecular complexity index is 124. The molecule has 1 N–H and O–H groups in total. The summed E-state index contributed by atoms with van der Waals surface area (Å²) in [5.41, 5.74) is 0. The molecule has 0 amide bonds. The zero-order valence-corrected chi connectivity index (χ0v) is 9.30. The molecule has 0 aromatic carbocycles. The number of nitrogens with zero attached hydrogens (tertiary/aromatic N) is 1. The third kappa shape index (κ3) is 2.96. The molecule has 2 aliphatic heterocycles. The van der Waals surface area contributed by atoms with Crippen LogP contribution in [0.1, 0.15) is 44.9 Å². The Labute approximate surface area is 88.1 Å². The van der Waals surface area contributed by atoms with Gasteiger partial charge in [0, 0.05) is 12.6 Å². The Morgan fingerprint density at radius 1 is 0.857 bits per heavy atom. The minimum atomic E-state index is 0.843. The Morgan fingerprint density at radius 3 is 2.43 bits per heavy atom. The average molecular weight is 196 g/mol. The Morgan fingerprint density at radius 2 is 1.64 bits per heavy atom. The van der Waals surface area contributed by atoms with Crippen LogP contribution in [0, 0.1) is 0 Å². The van der Waals surface area contributed by atoms with Crippen molar-refractivity contribution >= 4 is 0 Å². The van der Waals surface area contributed by atoms with Crippen LogP contribution in [0.25, 0.3) is 0 Å². The van der Waals surface area contributed by atoms with Crippen molar-refractivity contribution in [1.82, 2.24) is 10.2 Å². The van der Waals surface area contributed by atoms with Gasteiger partial charge in [-0.1, -0.05) is 19.3 Å². The highest BCUT2D eigenvalue weighted by Gasteiger charge is 2.20. The molecular formula is C12H24N2. The first-order chi connectivity index (χ1) is 6.97. The number of hydrogen-bond acceptors (Lipinski definition) is 2. The summed E-state index contributed by atoms with van der Waals surface area (Å²) in [6.45, 7) is 5.18. The van der Waals surface area contributed by atoms with Gasteiger partial charge in [0.05, 0.1) is 0 Å². The third-order valence-corrected chi connectivity index (χ3v) is 3.68. The molecule has 0 aliphatic carbocycles. The summed E-state index contributed by atoms with van der Waals surface area (Å²) in [5, 5.41) is 3.57. The molecule has 2 saturated heterocycles. The van der Waals surface area contributed by atoms with Crippen LogP contribution in [0.5, 0.6) is 0 Å². The molecule has 82 valence electrons. The quantitative estimate of drug-likeness (QED) is 0.690. The first kappa shape index (κ1) is 10.4. The largest absolute Gasteiger partial charge is 0.315 e. The Balaban J connectivity index is 1.83. The zero-order valence-electron chi connectivity index (χ0n) is 9.30. The fourth-order valence-corrected chi connectivity index (χ4v) is 2.77. The fraction of sp³-hybridized carbons (Fsp3) is 1.00. The van der Waals surface area contributed by atoms with Gasteiger partial charge in [0.15, 0.2) is 0 Å². The van der Waals surface area contributed by atoms with E-state index in [1.807, 2.05) is 0 Å². The molecule has 2 rings (SSSR count). The maximum atomic E-state index is 3.57. The van der Waals surface area contributed by atoms with Crippen LogP contribution in [0.4, 0.5) is 0 Å². The molecule has 0 aromatic heterocycles. The molecule has 0 saturated carbocycles. The van der Waals surface area contributed by atoms with E-state index in [-0.39, 0.29) is 0 Å². The first-order valence-corrected chi connectivity index (χ1v) is 6.41. The normalized spacial score (nSPS) is 32.1. The predicted octanol–water partition coefficient (Wildman–Crippen LogP) is 2.00. The summed E-state index contributed by atoms with van der Waals surface area (Å²) in [6.07, 6.45) is 9.99. The van der Waals surface area contributed by atoms with E-state index in [0.29, 0.717) is 0 Å². The number of nitrogens with one attached hydrogen (secondary N) is 1. The molecule has 2 fully saturated rings. The van der Waals surface area contributed by atoms with Gasteiger partial charge in [-0.25, -0.2) is 0 Å². The van der Waals surface area contributed by atoms with Crippen molar-refractivity contribution in [3.05, 3.63) is 0 Å². The molecular weight excluding hydrogens is 172 g/mol. The molecule has 2 heteroatoms. The van der Waals surface area contributed by atoms with Crippen LogP contribution >= 0.6 is 0 Å². The van der Waals surface area contributed by atoms with E-state index in [1.165, 1.54) is 71.1 Å². The van der Waals surface area contributed by atoms with Gasteiger partial charge in [0.2, 0.25) is 0 Å². The van der Waals surface area contributed by atoms with E-state index in [9.17, 15) is 0 Å². The summed E-state index contributed by atoms with van der Waals surface area (Å²) in [5.74, 6) is 0. The van der Waals surface area contributed by atoms with Gasteiger partial charge < -0.3 is 5.32 Å². The molecule has 0 spiro atoms. The Kier molecular flexibility index (Phi) is 4.26. The third-order valence-electron chi connectivity index (χ3n) is 3.68. The second-order valence-electron chi connectivity index (χ2n) is 4.80. The van der Waals surface area contributed by atoms with E-state index in [0.717, 1.165) is 6.04 Å². The van der Waals surface area contributed by atoms with Crippen molar-refractivity contribution in [3.63, 3.8) is 0 Å². The molecule has 0 radical (unpaired) electrons. The second kappa shape index (κ2) is 5.72. The molecule has 1 unspecified atom stereocenters. The van der Waals surface area contributed by atoms with Crippen molar-refractivity contribution in [2.75, 3.05) is 26.2 Å². The second-order valence-corrected chi connectivity index (χ2v) is 4.80. The molecule has 14 heavy (non-hydrogen) atoms. The monoisotopic (exact) mass is 196 g/mol. The zero-order chi connectivity index (χ0) is 9.64. The van der Waals surface area contributed by atoms with E-state index >= 15 is 0 Å². The Hall–Kier alpha value is -0.0800. The standard InChI is InChI=1S/C12H24N2/c1-2-6-10-14(9-5-1)12-7-3-4-8-13-11-12/h12-13H,1-11H2. The maximum Gasteiger partial charge on any atom is 0.0220 e. The van der Waals surface area contributed by atoms with Crippen molar-refractivity contribution in [3.8, 4) is 0 Å². The topological polar surface area (TPSA) is 15.3 Å². The fourth-order valence-electron chi connectivity index (χ4n) is 2.77. The predicted molar refractivity (Wildman–Crippen MR) is 60.5 cm³/mol. The highest BCUT2D eigenvalue weighted by molar-refractivity contribution is 4.78. The van der Waals surface area contributed by atoms with Gasteiger partial charge in [-0.05, 0) is 45.3 Å². The van der Waals surface area contributed by atoms with Crippen molar-refractivity contribution < 1.29 is 0 Å². The van der Waals surface area contributed by atoms with Crippen molar-refractivity contribution in [1.29, 1.82) is 0 Å². The van der Waals surface area contributed by atoms with Crippen LogP contribution in [-0.2, 0) is 0 Å².